The highest BCUT2D eigenvalue weighted by Crippen LogP contribution is 2.32. The zero-order chi connectivity index (χ0) is 18.7. The van der Waals surface area contributed by atoms with Gasteiger partial charge in [-0.3, -0.25) is 0 Å². The molecular formula is C23H40O4. The van der Waals surface area contributed by atoms with Gasteiger partial charge in [0.05, 0.1) is 12.2 Å². The van der Waals surface area contributed by atoms with Crippen molar-refractivity contribution in [1.82, 2.24) is 0 Å². The van der Waals surface area contributed by atoms with Crippen molar-refractivity contribution in [2.24, 2.45) is 5.92 Å². The Balaban J connectivity index is 1.50. The fraction of sp³-hybridized carbons (Fsp3) is 0.913. The molecular weight excluding hydrogens is 340 g/mol. The first-order chi connectivity index (χ1) is 13.3. The molecule has 2 saturated heterocycles. The Morgan fingerprint density at radius 1 is 0.889 bits per heavy atom. The Hall–Kier alpha value is -0.420. The summed E-state index contributed by atoms with van der Waals surface area (Å²) in [4.78, 5) is 0. The minimum Gasteiger partial charge on any atom is -0.353 e. The van der Waals surface area contributed by atoms with E-state index >= 15 is 0 Å². The van der Waals surface area contributed by atoms with E-state index in [-0.39, 0.29) is 18.7 Å². The molecule has 5 atom stereocenters. The van der Waals surface area contributed by atoms with Crippen LogP contribution in [0.4, 0.5) is 0 Å². The van der Waals surface area contributed by atoms with Gasteiger partial charge in [-0.05, 0) is 57.8 Å². The molecule has 0 bridgehead atoms. The molecule has 4 unspecified atom stereocenters. The summed E-state index contributed by atoms with van der Waals surface area (Å²) >= 11 is 0. The van der Waals surface area contributed by atoms with Crippen LogP contribution >= 0.6 is 0 Å². The van der Waals surface area contributed by atoms with Gasteiger partial charge in [-0.1, -0.05) is 44.8 Å². The molecule has 0 N–H and O–H groups in total. The third-order valence-corrected chi connectivity index (χ3v) is 6.10. The smallest absolute Gasteiger partial charge is 0.158 e. The van der Waals surface area contributed by atoms with E-state index in [4.69, 9.17) is 18.9 Å². The molecule has 0 radical (unpaired) electrons. The zero-order valence-electron chi connectivity index (χ0n) is 17.3. The molecule has 0 aromatic rings. The van der Waals surface area contributed by atoms with Crippen LogP contribution in [0.25, 0.3) is 0 Å². The first-order valence-corrected chi connectivity index (χ1v) is 11.6. The maximum absolute atomic E-state index is 6.31. The van der Waals surface area contributed by atoms with Crippen molar-refractivity contribution in [2.45, 2.75) is 115 Å². The predicted molar refractivity (Wildman–Crippen MR) is 108 cm³/mol. The summed E-state index contributed by atoms with van der Waals surface area (Å²) in [5.74, 6) is 0.500. The summed E-state index contributed by atoms with van der Waals surface area (Å²) in [5.41, 5.74) is 0. The van der Waals surface area contributed by atoms with Crippen molar-refractivity contribution >= 4 is 0 Å². The molecule has 27 heavy (non-hydrogen) atoms. The van der Waals surface area contributed by atoms with Gasteiger partial charge < -0.3 is 18.9 Å². The maximum Gasteiger partial charge on any atom is 0.158 e. The van der Waals surface area contributed by atoms with Crippen LogP contribution in [0.15, 0.2) is 12.2 Å². The molecule has 3 rings (SSSR count). The number of ether oxygens (including phenoxy) is 4. The standard InChI is InChI=1S/C23H40O4/c1-2-3-4-11-20(26-22-13-5-7-17-24-22)16-15-19-10-9-12-21(19)27-23-14-6-8-18-25-23/h15-16,19-23H,2-14,17-18H2,1H3/b16-15+/t19-,20?,21?,22?,23?/m0/s1. The Kier molecular flexibility index (Phi) is 9.63. The highest BCUT2D eigenvalue weighted by atomic mass is 16.7. The molecule has 4 nitrogen and oxygen atoms in total. The van der Waals surface area contributed by atoms with E-state index in [2.05, 4.69) is 19.1 Å². The van der Waals surface area contributed by atoms with Crippen LogP contribution < -0.4 is 0 Å². The fourth-order valence-corrected chi connectivity index (χ4v) is 4.44. The van der Waals surface area contributed by atoms with Gasteiger partial charge in [-0.2, -0.15) is 0 Å². The van der Waals surface area contributed by atoms with Gasteiger partial charge in [0.1, 0.15) is 0 Å². The van der Waals surface area contributed by atoms with Crippen LogP contribution in [-0.4, -0.2) is 38.0 Å². The molecule has 0 amide bonds. The minimum atomic E-state index is -0.0127. The van der Waals surface area contributed by atoms with Crippen molar-refractivity contribution in [2.75, 3.05) is 13.2 Å². The van der Waals surface area contributed by atoms with Crippen LogP contribution in [0.5, 0.6) is 0 Å². The second-order valence-corrected chi connectivity index (χ2v) is 8.42. The van der Waals surface area contributed by atoms with Crippen molar-refractivity contribution in [3.05, 3.63) is 12.2 Å². The Morgan fingerprint density at radius 3 is 2.37 bits per heavy atom. The Morgan fingerprint density at radius 2 is 1.67 bits per heavy atom. The topological polar surface area (TPSA) is 36.9 Å². The first-order valence-electron chi connectivity index (χ1n) is 11.6. The molecule has 1 aliphatic carbocycles. The summed E-state index contributed by atoms with van der Waals surface area (Å²) in [7, 11) is 0. The number of hydrogen-bond donors (Lipinski definition) is 0. The first kappa shape index (κ1) is 21.3. The molecule has 0 aromatic carbocycles. The normalized spacial score (nSPS) is 33.5. The molecule has 2 aliphatic heterocycles. The van der Waals surface area contributed by atoms with E-state index in [1.165, 1.54) is 57.8 Å². The Labute approximate surface area is 166 Å². The maximum atomic E-state index is 6.31. The minimum absolute atomic E-state index is 0.0127. The second-order valence-electron chi connectivity index (χ2n) is 8.42. The lowest BCUT2D eigenvalue weighted by atomic mass is 10.0. The van der Waals surface area contributed by atoms with Crippen LogP contribution in [0, 0.1) is 5.92 Å². The monoisotopic (exact) mass is 380 g/mol. The van der Waals surface area contributed by atoms with E-state index in [0.29, 0.717) is 12.0 Å². The summed E-state index contributed by atoms with van der Waals surface area (Å²) < 4.78 is 24.2. The van der Waals surface area contributed by atoms with E-state index in [1.807, 2.05) is 0 Å². The average molecular weight is 381 g/mol. The molecule has 4 heteroatoms. The second kappa shape index (κ2) is 12.2. The molecule has 1 saturated carbocycles. The van der Waals surface area contributed by atoms with Crippen LogP contribution in [0.1, 0.15) is 90.4 Å². The fourth-order valence-electron chi connectivity index (χ4n) is 4.44. The lowest BCUT2D eigenvalue weighted by molar-refractivity contribution is -0.191. The van der Waals surface area contributed by atoms with Gasteiger partial charge >= 0.3 is 0 Å². The van der Waals surface area contributed by atoms with Gasteiger partial charge in [-0.15, -0.1) is 0 Å². The molecule has 0 aromatic heterocycles. The SMILES string of the molecule is CCCCCC(/C=C/[C@@H]1CCCC1OC1CCCCO1)OC1CCCCO1. The summed E-state index contributed by atoms with van der Waals surface area (Å²) in [6, 6.07) is 0. The summed E-state index contributed by atoms with van der Waals surface area (Å²) in [5, 5.41) is 0. The average Bonchev–Trinajstić information content (AvgIpc) is 3.14. The van der Waals surface area contributed by atoms with Crippen LogP contribution in [0.2, 0.25) is 0 Å². The van der Waals surface area contributed by atoms with Crippen molar-refractivity contribution in [3.8, 4) is 0 Å². The highest BCUT2D eigenvalue weighted by molar-refractivity contribution is 4.99. The van der Waals surface area contributed by atoms with E-state index in [9.17, 15) is 0 Å². The van der Waals surface area contributed by atoms with Gasteiger partial charge in [0.15, 0.2) is 12.6 Å². The lowest BCUT2D eigenvalue weighted by Gasteiger charge is -2.28. The summed E-state index contributed by atoms with van der Waals surface area (Å²) in [6.07, 6.45) is 20.5. The van der Waals surface area contributed by atoms with Crippen LogP contribution in [-0.2, 0) is 18.9 Å². The molecule has 0 spiro atoms. The third kappa shape index (κ3) is 7.49. The zero-order valence-corrected chi connectivity index (χ0v) is 17.3. The van der Waals surface area contributed by atoms with Crippen molar-refractivity contribution in [1.29, 1.82) is 0 Å². The largest absolute Gasteiger partial charge is 0.353 e. The lowest BCUT2D eigenvalue weighted by Crippen LogP contribution is -2.30. The summed E-state index contributed by atoms with van der Waals surface area (Å²) in [6.45, 7) is 3.95. The predicted octanol–water partition coefficient (Wildman–Crippen LogP) is 5.75. The van der Waals surface area contributed by atoms with Gasteiger partial charge in [0.2, 0.25) is 0 Å². The molecule has 3 aliphatic rings. The van der Waals surface area contributed by atoms with Crippen molar-refractivity contribution < 1.29 is 18.9 Å². The van der Waals surface area contributed by atoms with E-state index in [1.54, 1.807) is 0 Å². The number of hydrogen-bond acceptors (Lipinski definition) is 4. The molecule has 3 fully saturated rings. The van der Waals surface area contributed by atoms with E-state index < -0.39 is 0 Å². The quantitative estimate of drug-likeness (QED) is 0.357. The van der Waals surface area contributed by atoms with Crippen LogP contribution in [0.3, 0.4) is 0 Å². The third-order valence-electron chi connectivity index (χ3n) is 6.10. The van der Waals surface area contributed by atoms with Crippen molar-refractivity contribution in [3.63, 3.8) is 0 Å². The molecule has 2 heterocycles. The van der Waals surface area contributed by atoms with Gasteiger partial charge in [0, 0.05) is 19.1 Å². The highest BCUT2D eigenvalue weighted by Gasteiger charge is 2.30. The Bertz CT molecular complexity index is 413. The number of unbranched alkanes of at least 4 members (excludes halogenated alkanes) is 2. The number of rotatable bonds is 10. The van der Waals surface area contributed by atoms with Gasteiger partial charge in [0.25, 0.3) is 0 Å². The van der Waals surface area contributed by atoms with E-state index in [0.717, 1.165) is 38.9 Å². The molecule has 156 valence electrons. The van der Waals surface area contributed by atoms with Gasteiger partial charge in [-0.25, -0.2) is 0 Å².